The molecule has 2 N–H and O–H groups in total. The van der Waals surface area contributed by atoms with Crippen LogP contribution in [0.25, 0.3) is 6.08 Å². The number of amides is 1. The van der Waals surface area contributed by atoms with Crippen LogP contribution in [0.2, 0.25) is 0 Å². The van der Waals surface area contributed by atoms with Crippen LogP contribution in [-0.2, 0) is 16.6 Å². The number of methoxy groups -OCH3 is 1. The van der Waals surface area contributed by atoms with Crippen LogP contribution >= 0.6 is 0 Å². The molecule has 7 nitrogen and oxygen atoms in total. The number of aliphatic hydroxyl groups is 1. The molecule has 1 saturated carbocycles. The van der Waals surface area contributed by atoms with E-state index in [2.05, 4.69) is 16.2 Å². The second-order valence-corrected chi connectivity index (χ2v) is 11.2. The minimum absolute atomic E-state index is 0.0150. The van der Waals surface area contributed by atoms with Crippen LogP contribution < -0.4 is 9.47 Å². The maximum atomic E-state index is 13.3. The molecule has 0 radical (unpaired) electrons. The van der Waals surface area contributed by atoms with Gasteiger partial charge >= 0.3 is 6.36 Å². The normalized spacial score (nSPS) is 27.6. The summed E-state index contributed by atoms with van der Waals surface area (Å²) in [5, 5.41) is 23.2. The molecular weight excluding hydrogens is 537 g/mol. The Labute approximate surface area is 237 Å². The van der Waals surface area contributed by atoms with Crippen molar-refractivity contribution < 1.29 is 37.7 Å². The second-order valence-electron chi connectivity index (χ2n) is 11.2. The van der Waals surface area contributed by atoms with Gasteiger partial charge in [0, 0.05) is 42.7 Å². The smallest absolute Gasteiger partial charge is 0.504 e. The Hall–Kier alpha value is -3.50. The number of hydrogen-bond acceptors (Lipinski definition) is 6. The maximum Gasteiger partial charge on any atom is 0.573 e. The van der Waals surface area contributed by atoms with Gasteiger partial charge in [-0.25, -0.2) is 0 Å². The lowest BCUT2D eigenvalue weighted by atomic mass is 9.48. The highest BCUT2D eigenvalue weighted by molar-refractivity contribution is 5.92. The van der Waals surface area contributed by atoms with Crippen molar-refractivity contribution in [1.82, 2.24) is 9.80 Å². The molecule has 0 unspecified atom stereocenters. The van der Waals surface area contributed by atoms with Gasteiger partial charge in [-0.3, -0.25) is 9.69 Å². The molecule has 1 heterocycles. The quantitative estimate of drug-likeness (QED) is 0.366. The summed E-state index contributed by atoms with van der Waals surface area (Å²) < 4.78 is 47.5. The van der Waals surface area contributed by atoms with Gasteiger partial charge in [0.05, 0.1) is 12.7 Å². The SMILES string of the molecule is C=CCN1CC[C@]23C[C@@H](N(C)C(=O)C=Cc4cccc(OC(F)(F)F)c4)CC[C@@]2(O)[C@H]1Cc1ccc(O)c(OC)c13. The van der Waals surface area contributed by atoms with Crippen molar-refractivity contribution in [3.63, 3.8) is 0 Å². The molecule has 4 atom stereocenters. The first-order chi connectivity index (χ1) is 19.4. The Morgan fingerprint density at radius 3 is 2.76 bits per heavy atom. The number of aromatic hydroxyl groups is 1. The minimum atomic E-state index is -4.81. The van der Waals surface area contributed by atoms with Gasteiger partial charge < -0.3 is 24.6 Å². The molecule has 2 bridgehead atoms. The summed E-state index contributed by atoms with van der Waals surface area (Å²) in [6.45, 7) is 5.27. The van der Waals surface area contributed by atoms with Crippen molar-refractivity contribution in [2.45, 2.75) is 61.6 Å². The molecule has 1 saturated heterocycles. The zero-order valence-corrected chi connectivity index (χ0v) is 23.2. The summed E-state index contributed by atoms with van der Waals surface area (Å²) in [6.07, 6.45) is 2.54. The van der Waals surface area contributed by atoms with Gasteiger partial charge in [-0.1, -0.05) is 24.3 Å². The zero-order chi connectivity index (χ0) is 29.6. The Morgan fingerprint density at radius 1 is 1.27 bits per heavy atom. The van der Waals surface area contributed by atoms with E-state index in [0.717, 1.165) is 17.7 Å². The summed E-state index contributed by atoms with van der Waals surface area (Å²) >= 11 is 0. The van der Waals surface area contributed by atoms with E-state index in [1.165, 1.54) is 37.5 Å². The number of piperidine rings is 1. The predicted molar refractivity (Wildman–Crippen MR) is 148 cm³/mol. The monoisotopic (exact) mass is 572 g/mol. The maximum absolute atomic E-state index is 13.3. The van der Waals surface area contributed by atoms with E-state index in [0.29, 0.717) is 50.0 Å². The zero-order valence-electron chi connectivity index (χ0n) is 23.2. The number of benzene rings is 2. The summed E-state index contributed by atoms with van der Waals surface area (Å²) in [5.41, 5.74) is 0.372. The fraction of sp³-hybridized carbons (Fsp3) is 0.452. The molecule has 1 amide bonds. The minimum Gasteiger partial charge on any atom is -0.504 e. The molecule has 220 valence electrons. The Kier molecular flexibility index (Phi) is 7.59. The van der Waals surface area contributed by atoms with E-state index in [9.17, 15) is 28.2 Å². The molecule has 2 fully saturated rings. The fourth-order valence-electron chi connectivity index (χ4n) is 7.36. The van der Waals surface area contributed by atoms with E-state index in [1.54, 1.807) is 24.1 Å². The van der Waals surface area contributed by atoms with Crippen LogP contribution in [0.5, 0.6) is 17.2 Å². The number of fused-ring (bicyclic) bond motifs is 1. The molecule has 10 heteroatoms. The van der Waals surface area contributed by atoms with Gasteiger partial charge in [0.1, 0.15) is 5.75 Å². The number of ether oxygens (including phenoxy) is 2. The average Bonchev–Trinajstić information content (AvgIpc) is 2.92. The van der Waals surface area contributed by atoms with Crippen molar-refractivity contribution in [3.8, 4) is 17.2 Å². The third-order valence-electron chi connectivity index (χ3n) is 9.18. The topological polar surface area (TPSA) is 82.5 Å². The summed E-state index contributed by atoms with van der Waals surface area (Å²) in [7, 11) is 3.22. The molecule has 41 heavy (non-hydrogen) atoms. The van der Waals surface area contributed by atoms with Crippen molar-refractivity contribution in [1.29, 1.82) is 0 Å². The van der Waals surface area contributed by atoms with E-state index in [4.69, 9.17) is 4.74 Å². The first-order valence-electron chi connectivity index (χ1n) is 13.7. The van der Waals surface area contributed by atoms with Crippen molar-refractivity contribution in [2.75, 3.05) is 27.2 Å². The average molecular weight is 573 g/mol. The van der Waals surface area contributed by atoms with Crippen LogP contribution in [0.3, 0.4) is 0 Å². The number of rotatable bonds is 7. The summed E-state index contributed by atoms with van der Waals surface area (Å²) in [4.78, 5) is 17.2. The van der Waals surface area contributed by atoms with Gasteiger partial charge in [0.15, 0.2) is 11.5 Å². The number of halogens is 3. The summed E-state index contributed by atoms with van der Waals surface area (Å²) in [6, 6.07) is 8.57. The number of likely N-dealkylation sites (N-methyl/N-ethyl adjacent to an activating group) is 1. The molecular formula is C31H35F3N2O5. The molecule has 2 aromatic rings. The lowest BCUT2D eigenvalue weighted by Gasteiger charge is -2.65. The highest BCUT2D eigenvalue weighted by Crippen LogP contribution is 2.61. The number of alkyl halides is 3. The molecule has 3 aliphatic rings. The Bertz CT molecular complexity index is 1360. The van der Waals surface area contributed by atoms with E-state index >= 15 is 0 Å². The highest BCUT2D eigenvalue weighted by Gasteiger charge is 2.66. The fourth-order valence-corrected chi connectivity index (χ4v) is 7.36. The van der Waals surface area contributed by atoms with Crippen LogP contribution in [-0.4, -0.2) is 77.2 Å². The number of hydrogen-bond donors (Lipinski definition) is 2. The van der Waals surface area contributed by atoms with Gasteiger partial charge in [0.2, 0.25) is 5.91 Å². The first-order valence-corrected chi connectivity index (χ1v) is 13.7. The number of carbonyl (C=O) groups excluding carboxylic acids is 1. The molecule has 1 aliphatic heterocycles. The standard InChI is InChI=1S/C31H35F3N2O5/c1-4-15-36-16-14-29-19-22(35(2)26(38)11-8-20-6-5-7-23(17-20)41-31(32,33)34)12-13-30(29,39)25(36)18-21-9-10-24(37)28(40-3)27(21)29/h4-11,17,22,25,37,39H,1,12-16,18-19H2,2-3H3/t22-,25+,29+,30+/m0/s1. The third-order valence-corrected chi connectivity index (χ3v) is 9.18. The Morgan fingerprint density at radius 2 is 2.05 bits per heavy atom. The van der Waals surface area contributed by atoms with E-state index < -0.39 is 17.4 Å². The largest absolute Gasteiger partial charge is 0.573 e. The van der Waals surface area contributed by atoms with Crippen LogP contribution in [0, 0.1) is 0 Å². The van der Waals surface area contributed by atoms with Crippen molar-refractivity contribution in [3.05, 3.63) is 71.8 Å². The van der Waals surface area contributed by atoms with Crippen molar-refractivity contribution in [2.24, 2.45) is 0 Å². The highest BCUT2D eigenvalue weighted by atomic mass is 19.4. The predicted octanol–water partition coefficient (Wildman–Crippen LogP) is 4.81. The Balaban J connectivity index is 1.44. The molecule has 2 aliphatic carbocycles. The lowest BCUT2D eigenvalue weighted by Crippen LogP contribution is -2.74. The molecule has 0 spiro atoms. The number of likely N-dealkylation sites (tertiary alicyclic amines) is 1. The molecule has 5 rings (SSSR count). The summed E-state index contributed by atoms with van der Waals surface area (Å²) in [5.74, 6) is -0.289. The van der Waals surface area contributed by atoms with Crippen LogP contribution in [0.15, 0.2) is 55.1 Å². The number of phenols is 1. The second kappa shape index (κ2) is 10.7. The van der Waals surface area contributed by atoms with Crippen LogP contribution in [0.1, 0.15) is 42.4 Å². The van der Waals surface area contributed by atoms with E-state index in [1.807, 2.05) is 12.1 Å². The van der Waals surface area contributed by atoms with E-state index in [-0.39, 0.29) is 29.5 Å². The van der Waals surface area contributed by atoms with Gasteiger partial charge in [-0.2, -0.15) is 0 Å². The lowest BCUT2D eigenvalue weighted by molar-refractivity contribution is -0.274. The number of carbonyl (C=O) groups is 1. The van der Waals surface area contributed by atoms with Crippen LogP contribution in [0.4, 0.5) is 13.2 Å². The number of nitrogens with zero attached hydrogens (tertiary/aromatic N) is 2. The third kappa shape index (κ3) is 5.08. The molecule has 0 aromatic heterocycles. The van der Waals surface area contributed by atoms with Gasteiger partial charge in [-0.15, -0.1) is 19.8 Å². The first kappa shape index (κ1) is 29.0. The van der Waals surface area contributed by atoms with Gasteiger partial charge in [0.25, 0.3) is 0 Å². The number of phenolic OH excluding ortho intramolecular Hbond substituents is 1. The van der Waals surface area contributed by atoms with Gasteiger partial charge in [-0.05, 0) is 74.1 Å². The molecule has 2 aromatic carbocycles. The van der Waals surface area contributed by atoms with Crippen molar-refractivity contribution >= 4 is 12.0 Å².